The molecule has 0 saturated heterocycles. The average Bonchev–Trinajstić information content (AvgIpc) is 2.56. The summed E-state index contributed by atoms with van der Waals surface area (Å²) in [6.45, 7) is 0. The summed E-state index contributed by atoms with van der Waals surface area (Å²) in [5.74, 6) is 0.426. The minimum Gasteiger partial charge on any atom is -0.496 e. The normalized spacial score (nSPS) is 10.7. The monoisotopic (exact) mass is 346 g/mol. The van der Waals surface area contributed by atoms with Crippen LogP contribution in [0.3, 0.4) is 0 Å². The predicted octanol–water partition coefficient (Wildman–Crippen LogP) is 4.96. The molecule has 0 aliphatic heterocycles. The van der Waals surface area contributed by atoms with Crippen molar-refractivity contribution in [3.8, 4) is 5.75 Å². The van der Waals surface area contributed by atoms with Crippen molar-refractivity contribution in [3.05, 3.63) is 63.8 Å². The van der Waals surface area contributed by atoms with Crippen molar-refractivity contribution in [1.29, 1.82) is 0 Å². The van der Waals surface area contributed by atoms with Gasteiger partial charge in [0, 0.05) is 26.4 Å². The maximum absolute atomic E-state index is 11.3. The molecular formula is C16H11ClN2O3S. The molecule has 0 radical (unpaired) electrons. The van der Waals surface area contributed by atoms with Gasteiger partial charge in [-0.2, -0.15) is 0 Å². The van der Waals surface area contributed by atoms with Crippen LogP contribution in [0, 0.1) is 10.1 Å². The first-order valence-corrected chi connectivity index (χ1v) is 7.82. The first-order valence-electron chi connectivity index (χ1n) is 6.63. The summed E-state index contributed by atoms with van der Waals surface area (Å²) >= 11 is 7.38. The van der Waals surface area contributed by atoms with E-state index in [9.17, 15) is 10.1 Å². The molecule has 1 heterocycles. The number of benzene rings is 2. The van der Waals surface area contributed by atoms with Gasteiger partial charge in [0.15, 0.2) is 0 Å². The second-order valence-electron chi connectivity index (χ2n) is 4.66. The van der Waals surface area contributed by atoms with Gasteiger partial charge in [0.1, 0.15) is 11.3 Å². The highest BCUT2D eigenvalue weighted by Gasteiger charge is 2.18. The van der Waals surface area contributed by atoms with E-state index in [0.29, 0.717) is 21.7 Å². The molecule has 23 heavy (non-hydrogen) atoms. The zero-order valence-corrected chi connectivity index (χ0v) is 13.6. The van der Waals surface area contributed by atoms with E-state index in [-0.39, 0.29) is 5.69 Å². The number of nitro groups is 1. The highest BCUT2D eigenvalue weighted by atomic mass is 35.5. The second-order valence-corrected chi connectivity index (χ2v) is 6.22. The predicted molar refractivity (Wildman–Crippen MR) is 90.5 cm³/mol. The molecule has 3 rings (SSSR count). The van der Waals surface area contributed by atoms with Crippen molar-refractivity contribution in [3.63, 3.8) is 0 Å². The molecule has 0 saturated carbocycles. The summed E-state index contributed by atoms with van der Waals surface area (Å²) in [4.78, 5) is 16.8. The lowest BCUT2D eigenvalue weighted by atomic mass is 10.2. The molecule has 5 nitrogen and oxygen atoms in total. The van der Waals surface area contributed by atoms with E-state index >= 15 is 0 Å². The number of aromatic nitrogens is 1. The molecule has 2 aromatic carbocycles. The van der Waals surface area contributed by atoms with Crippen molar-refractivity contribution in [2.24, 2.45) is 0 Å². The lowest BCUT2D eigenvalue weighted by Gasteiger charge is -2.08. The Balaban J connectivity index is 2.15. The molecule has 0 spiro atoms. The van der Waals surface area contributed by atoms with E-state index in [1.807, 2.05) is 18.2 Å². The number of rotatable bonds is 4. The fourth-order valence-corrected chi connectivity index (χ4v) is 3.21. The van der Waals surface area contributed by atoms with Gasteiger partial charge in [0.05, 0.1) is 18.1 Å². The Kier molecular flexibility index (Phi) is 4.36. The van der Waals surface area contributed by atoms with E-state index in [1.165, 1.54) is 24.9 Å². The molecule has 0 amide bonds. The minimum atomic E-state index is -0.450. The Bertz CT molecular complexity index is 884. The van der Waals surface area contributed by atoms with Gasteiger partial charge in [-0.05, 0) is 36.4 Å². The molecule has 0 aliphatic rings. The molecule has 0 fully saturated rings. The van der Waals surface area contributed by atoms with Crippen LogP contribution >= 0.6 is 23.4 Å². The molecule has 0 aliphatic carbocycles. The SMILES string of the molecule is COc1cc([N+](=O)[O-])c2nccc(Sc3ccc(Cl)cc3)c2c1. The van der Waals surface area contributed by atoms with Crippen LogP contribution in [0.25, 0.3) is 10.9 Å². The third-order valence-corrected chi connectivity index (χ3v) is 4.57. The second kappa shape index (κ2) is 6.44. The van der Waals surface area contributed by atoms with Gasteiger partial charge >= 0.3 is 0 Å². The van der Waals surface area contributed by atoms with Crippen LogP contribution < -0.4 is 4.74 Å². The zero-order chi connectivity index (χ0) is 16.4. The van der Waals surface area contributed by atoms with Crippen LogP contribution in [0.2, 0.25) is 5.02 Å². The van der Waals surface area contributed by atoms with Gasteiger partial charge in [-0.15, -0.1) is 0 Å². The van der Waals surface area contributed by atoms with E-state index < -0.39 is 4.92 Å². The van der Waals surface area contributed by atoms with Crippen molar-refractivity contribution in [2.75, 3.05) is 7.11 Å². The van der Waals surface area contributed by atoms with Crippen LogP contribution in [0.15, 0.2) is 58.5 Å². The maximum atomic E-state index is 11.3. The van der Waals surface area contributed by atoms with Gasteiger partial charge in [-0.3, -0.25) is 10.1 Å². The number of methoxy groups -OCH3 is 1. The average molecular weight is 347 g/mol. The number of hydrogen-bond donors (Lipinski definition) is 0. The number of halogens is 1. The molecule has 3 aromatic rings. The van der Waals surface area contributed by atoms with E-state index in [1.54, 1.807) is 24.4 Å². The van der Waals surface area contributed by atoms with Gasteiger partial charge < -0.3 is 4.74 Å². The molecule has 7 heteroatoms. The Morgan fingerprint density at radius 1 is 1.22 bits per heavy atom. The van der Waals surface area contributed by atoms with Gasteiger partial charge in [-0.1, -0.05) is 23.4 Å². The largest absolute Gasteiger partial charge is 0.496 e. The zero-order valence-electron chi connectivity index (χ0n) is 12.0. The number of hydrogen-bond acceptors (Lipinski definition) is 5. The number of non-ortho nitro benzene ring substituents is 1. The summed E-state index contributed by atoms with van der Waals surface area (Å²) < 4.78 is 5.18. The van der Waals surface area contributed by atoms with E-state index in [0.717, 1.165) is 9.79 Å². The molecule has 0 atom stereocenters. The highest BCUT2D eigenvalue weighted by molar-refractivity contribution is 7.99. The number of nitro benzene ring substituents is 1. The lowest BCUT2D eigenvalue weighted by molar-refractivity contribution is -0.383. The summed E-state index contributed by atoms with van der Waals surface area (Å²) in [5, 5.41) is 12.6. The number of nitrogens with zero attached hydrogens (tertiary/aromatic N) is 2. The maximum Gasteiger partial charge on any atom is 0.299 e. The lowest BCUT2D eigenvalue weighted by Crippen LogP contribution is -1.94. The molecule has 116 valence electrons. The standard InChI is InChI=1S/C16H11ClN2O3S/c1-22-11-8-13-15(23-12-4-2-10(17)3-5-12)6-7-18-16(13)14(9-11)19(20)21/h2-9H,1H3. The molecule has 0 N–H and O–H groups in total. The Labute approximate surface area is 141 Å². The molecule has 0 unspecified atom stereocenters. The fraction of sp³-hybridized carbons (Fsp3) is 0.0625. The number of ether oxygens (including phenoxy) is 1. The summed E-state index contributed by atoms with van der Waals surface area (Å²) in [6, 6.07) is 12.4. The third kappa shape index (κ3) is 3.23. The Morgan fingerprint density at radius 2 is 1.96 bits per heavy atom. The number of pyridine rings is 1. The summed E-state index contributed by atoms with van der Waals surface area (Å²) in [6.07, 6.45) is 1.57. The van der Waals surface area contributed by atoms with Crippen LogP contribution in [0.5, 0.6) is 5.75 Å². The Hall–Kier alpha value is -2.31. The van der Waals surface area contributed by atoms with Crippen molar-refractivity contribution >= 4 is 40.0 Å². The smallest absolute Gasteiger partial charge is 0.299 e. The summed E-state index contributed by atoms with van der Waals surface area (Å²) in [5.41, 5.74) is 0.271. The molecular weight excluding hydrogens is 336 g/mol. The van der Waals surface area contributed by atoms with E-state index in [4.69, 9.17) is 16.3 Å². The summed E-state index contributed by atoms with van der Waals surface area (Å²) in [7, 11) is 1.48. The fourth-order valence-electron chi connectivity index (χ4n) is 2.16. The van der Waals surface area contributed by atoms with Crippen LogP contribution in [-0.2, 0) is 0 Å². The van der Waals surface area contributed by atoms with Crippen LogP contribution in [0.1, 0.15) is 0 Å². The van der Waals surface area contributed by atoms with Gasteiger partial charge in [-0.25, -0.2) is 4.98 Å². The van der Waals surface area contributed by atoms with Gasteiger partial charge in [0.25, 0.3) is 5.69 Å². The minimum absolute atomic E-state index is 0.0714. The Morgan fingerprint density at radius 3 is 2.61 bits per heavy atom. The quantitative estimate of drug-likeness (QED) is 0.493. The molecule has 1 aromatic heterocycles. The topological polar surface area (TPSA) is 65.3 Å². The first kappa shape index (κ1) is 15.6. The van der Waals surface area contributed by atoms with Gasteiger partial charge in [0.2, 0.25) is 0 Å². The number of fused-ring (bicyclic) bond motifs is 1. The van der Waals surface area contributed by atoms with Crippen molar-refractivity contribution in [1.82, 2.24) is 4.98 Å². The van der Waals surface area contributed by atoms with Crippen molar-refractivity contribution in [2.45, 2.75) is 9.79 Å². The van der Waals surface area contributed by atoms with E-state index in [2.05, 4.69) is 4.98 Å². The third-order valence-electron chi connectivity index (χ3n) is 3.23. The molecule has 0 bridgehead atoms. The van der Waals surface area contributed by atoms with Crippen LogP contribution in [-0.4, -0.2) is 17.0 Å². The van der Waals surface area contributed by atoms with Crippen LogP contribution in [0.4, 0.5) is 5.69 Å². The van der Waals surface area contributed by atoms with Crippen molar-refractivity contribution < 1.29 is 9.66 Å². The highest BCUT2D eigenvalue weighted by Crippen LogP contribution is 2.38. The first-order chi connectivity index (χ1) is 11.1.